The molecule has 0 spiro atoms. The fraction of sp³-hybridized carbons (Fsp3) is 0.706. The Balaban J connectivity index is 1.52. The zero-order chi connectivity index (χ0) is 15.6. The summed E-state index contributed by atoms with van der Waals surface area (Å²) in [5.74, 6) is 2.19. The molecule has 0 aliphatic heterocycles. The average molecular weight is 308 g/mol. The van der Waals surface area contributed by atoms with E-state index in [0.29, 0.717) is 31.7 Å². The number of nitrogens with one attached hydrogen (secondary N) is 1. The standard InChI is InChI=1S/C17H28N2O3/c1-14(2)18-8-3-9-22-17-7-6-16(12-19-17)21-11-10-20-13-15-4-5-15/h6-7,12,14-15,18H,3-5,8-11,13H2,1-2H3. The lowest BCUT2D eigenvalue weighted by atomic mass is 10.3. The van der Waals surface area contributed by atoms with Gasteiger partial charge in [0, 0.05) is 18.7 Å². The van der Waals surface area contributed by atoms with Gasteiger partial charge in [0.1, 0.15) is 12.4 Å². The fourth-order valence-electron chi connectivity index (χ4n) is 1.93. The van der Waals surface area contributed by atoms with Gasteiger partial charge in [0.15, 0.2) is 0 Å². The van der Waals surface area contributed by atoms with Crippen LogP contribution >= 0.6 is 0 Å². The summed E-state index contributed by atoms with van der Waals surface area (Å²) in [6.07, 6.45) is 5.30. The summed E-state index contributed by atoms with van der Waals surface area (Å²) < 4.78 is 16.7. The van der Waals surface area contributed by atoms with Crippen molar-refractivity contribution < 1.29 is 14.2 Å². The van der Waals surface area contributed by atoms with Crippen molar-refractivity contribution in [2.75, 3.05) is 33.0 Å². The molecule has 5 heteroatoms. The zero-order valence-electron chi connectivity index (χ0n) is 13.7. The van der Waals surface area contributed by atoms with Gasteiger partial charge in [0.2, 0.25) is 5.88 Å². The maximum atomic E-state index is 5.59. The predicted octanol–water partition coefficient (Wildman–Crippen LogP) is 2.65. The SMILES string of the molecule is CC(C)NCCCOc1ccc(OCCOCC2CC2)cn1. The third kappa shape index (κ3) is 7.61. The van der Waals surface area contributed by atoms with Crippen LogP contribution in [-0.2, 0) is 4.74 Å². The summed E-state index contributed by atoms with van der Waals surface area (Å²) in [4.78, 5) is 4.24. The Labute approximate surface area is 133 Å². The van der Waals surface area contributed by atoms with Gasteiger partial charge in [-0.1, -0.05) is 13.8 Å². The van der Waals surface area contributed by atoms with Crippen molar-refractivity contribution in [3.8, 4) is 11.6 Å². The van der Waals surface area contributed by atoms with Gasteiger partial charge >= 0.3 is 0 Å². The van der Waals surface area contributed by atoms with Crippen LogP contribution in [0.4, 0.5) is 0 Å². The Hall–Kier alpha value is -1.33. The van der Waals surface area contributed by atoms with Gasteiger partial charge in [-0.2, -0.15) is 0 Å². The molecule has 2 rings (SSSR count). The van der Waals surface area contributed by atoms with Gasteiger partial charge in [0.25, 0.3) is 0 Å². The van der Waals surface area contributed by atoms with Crippen LogP contribution in [0, 0.1) is 5.92 Å². The predicted molar refractivity (Wildman–Crippen MR) is 86.5 cm³/mol. The highest BCUT2D eigenvalue weighted by Crippen LogP contribution is 2.28. The molecule has 1 fully saturated rings. The number of hydrogen-bond acceptors (Lipinski definition) is 5. The molecular weight excluding hydrogens is 280 g/mol. The molecule has 0 atom stereocenters. The van der Waals surface area contributed by atoms with E-state index in [1.165, 1.54) is 12.8 Å². The quantitative estimate of drug-likeness (QED) is 0.602. The van der Waals surface area contributed by atoms with Crippen molar-refractivity contribution in [1.29, 1.82) is 0 Å². The summed E-state index contributed by atoms with van der Waals surface area (Å²) in [7, 11) is 0. The van der Waals surface area contributed by atoms with Gasteiger partial charge in [-0.25, -0.2) is 4.98 Å². The number of nitrogens with zero attached hydrogens (tertiary/aromatic N) is 1. The van der Waals surface area contributed by atoms with Crippen LogP contribution in [-0.4, -0.2) is 44.0 Å². The van der Waals surface area contributed by atoms with Crippen molar-refractivity contribution in [1.82, 2.24) is 10.3 Å². The number of rotatable bonds is 12. The fourth-order valence-corrected chi connectivity index (χ4v) is 1.93. The molecule has 1 aliphatic rings. The van der Waals surface area contributed by atoms with Crippen molar-refractivity contribution in [3.05, 3.63) is 18.3 Å². The number of aromatic nitrogens is 1. The lowest BCUT2D eigenvalue weighted by Crippen LogP contribution is -2.24. The van der Waals surface area contributed by atoms with Gasteiger partial charge in [0.05, 0.1) is 19.4 Å². The van der Waals surface area contributed by atoms with E-state index in [4.69, 9.17) is 14.2 Å². The third-order valence-electron chi connectivity index (χ3n) is 3.38. The summed E-state index contributed by atoms with van der Waals surface area (Å²) in [6.45, 7) is 7.98. The van der Waals surface area contributed by atoms with Gasteiger partial charge in [-0.3, -0.25) is 0 Å². The molecule has 1 aromatic heterocycles. The maximum absolute atomic E-state index is 5.59. The molecule has 0 saturated heterocycles. The second-order valence-electron chi connectivity index (χ2n) is 6.01. The van der Waals surface area contributed by atoms with E-state index in [2.05, 4.69) is 24.1 Å². The minimum atomic E-state index is 0.516. The first-order valence-corrected chi connectivity index (χ1v) is 8.27. The second-order valence-corrected chi connectivity index (χ2v) is 6.01. The molecule has 124 valence electrons. The summed E-state index contributed by atoms with van der Waals surface area (Å²) in [5.41, 5.74) is 0. The van der Waals surface area contributed by atoms with Crippen LogP contribution < -0.4 is 14.8 Å². The molecule has 0 aromatic carbocycles. The van der Waals surface area contributed by atoms with Gasteiger partial charge < -0.3 is 19.5 Å². The van der Waals surface area contributed by atoms with Crippen molar-refractivity contribution in [2.24, 2.45) is 5.92 Å². The first-order valence-electron chi connectivity index (χ1n) is 8.27. The van der Waals surface area contributed by atoms with Crippen LogP contribution in [0.15, 0.2) is 18.3 Å². The van der Waals surface area contributed by atoms with Crippen LogP contribution in [0.3, 0.4) is 0 Å². The molecule has 0 unspecified atom stereocenters. The first kappa shape index (κ1) is 17.0. The Morgan fingerprint density at radius 3 is 2.73 bits per heavy atom. The number of hydrogen-bond donors (Lipinski definition) is 1. The van der Waals surface area contributed by atoms with Crippen LogP contribution in [0.5, 0.6) is 11.6 Å². The Morgan fingerprint density at radius 2 is 2.05 bits per heavy atom. The lowest BCUT2D eigenvalue weighted by Gasteiger charge is -2.09. The molecule has 0 amide bonds. The Kier molecular flexibility index (Phi) is 7.46. The lowest BCUT2D eigenvalue weighted by molar-refractivity contribution is 0.0926. The molecular formula is C17H28N2O3. The third-order valence-corrected chi connectivity index (χ3v) is 3.38. The number of pyridine rings is 1. The largest absolute Gasteiger partial charge is 0.490 e. The van der Waals surface area contributed by atoms with E-state index in [1.807, 2.05) is 12.1 Å². The monoisotopic (exact) mass is 308 g/mol. The van der Waals surface area contributed by atoms with E-state index < -0.39 is 0 Å². The summed E-state index contributed by atoms with van der Waals surface area (Å²) >= 11 is 0. The highest BCUT2D eigenvalue weighted by molar-refractivity contribution is 5.22. The molecule has 1 aromatic rings. The van der Waals surface area contributed by atoms with E-state index in [9.17, 15) is 0 Å². The van der Waals surface area contributed by atoms with E-state index in [-0.39, 0.29) is 0 Å². The zero-order valence-corrected chi connectivity index (χ0v) is 13.7. The Bertz CT molecular complexity index is 374. The van der Waals surface area contributed by atoms with Crippen molar-refractivity contribution in [3.63, 3.8) is 0 Å². The van der Waals surface area contributed by atoms with Crippen molar-refractivity contribution in [2.45, 2.75) is 39.2 Å². The van der Waals surface area contributed by atoms with Crippen LogP contribution in [0.1, 0.15) is 33.1 Å². The van der Waals surface area contributed by atoms with E-state index >= 15 is 0 Å². The molecule has 1 N–H and O–H groups in total. The minimum Gasteiger partial charge on any atom is -0.490 e. The second kappa shape index (κ2) is 9.64. The smallest absolute Gasteiger partial charge is 0.213 e. The van der Waals surface area contributed by atoms with Crippen LogP contribution in [0.2, 0.25) is 0 Å². The highest BCUT2D eigenvalue weighted by atomic mass is 16.5. The topological polar surface area (TPSA) is 52.6 Å². The average Bonchev–Trinajstić information content (AvgIpc) is 3.32. The van der Waals surface area contributed by atoms with Crippen LogP contribution in [0.25, 0.3) is 0 Å². The first-order chi connectivity index (χ1) is 10.7. The van der Waals surface area contributed by atoms with Gasteiger partial charge in [-0.15, -0.1) is 0 Å². The summed E-state index contributed by atoms with van der Waals surface area (Å²) in [5, 5.41) is 3.35. The molecule has 22 heavy (non-hydrogen) atoms. The van der Waals surface area contributed by atoms with E-state index in [1.54, 1.807) is 6.20 Å². The van der Waals surface area contributed by atoms with E-state index in [0.717, 1.165) is 31.2 Å². The molecule has 0 bridgehead atoms. The molecule has 1 aliphatic carbocycles. The van der Waals surface area contributed by atoms with Gasteiger partial charge in [-0.05, 0) is 37.8 Å². The normalized spacial score (nSPS) is 14.3. The summed E-state index contributed by atoms with van der Waals surface area (Å²) in [6, 6.07) is 4.24. The molecule has 0 radical (unpaired) electrons. The minimum absolute atomic E-state index is 0.516. The van der Waals surface area contributed by atoms with Crippen molar-refractivity contribution >= 4 is 0 Å². The maximum Gasteiger partial charge on any atom is 0.213 e. The molecule has 5 nitrogen and oxygen atoms in total. The molecule has 1 saturated carbocycles. The number of ether oxygens (including phenoxy) is 3. The Morgan fingerprint density at radius 1 is 1.18 bits per heavy atom. The highest BCUT2D eigenvalue weighted by Gasteiger charge is 2.20. The molecule has 1 heterocycles.